The van der Waals surface area contributed by atoms with Crippen LogP contribution in [-0.2, 0) is 4.74 Å². The fourth-order valence-corrected chi connectivity index (χ4v) is 2.05. The molecule has 19 heavy (non-hydrogen) atoms. The quantitative estimate of drug-likeness (QED) is 0.656. The third-order valence-electron chi connectivity index (χ3n) is 3.17. The second kappa shape index (κ2) is 9.82. The van der Waals surface area contributed by atoms with Gasteiger partial charge in [-0.15, -0.1) is 0 Å². The first kappa shape index (κ1) is 16.0. The third kappa shape index (κ3) is 6.08. The highest BCUT2D eigenvalue weighted by molar-refractivity contribution is 5.30. The molecule has 1 N–H and O–H groups in total. The van der Waals surface area contributed by atoms with E-state index in [4.69, 9.17) is 9.47 Å². The van der Waals surface area contributed by atoms with Crippen molar-refractivity contribution >= 4 is 0 Å². The van der Waals surface area contributed by atoms with Gasteiger partial charge in [-0.3, -0.25) is 0 Å². The Morgan fingerprint density at radius 3 is 2.74 bits per heavy atom. The van der Waals surface area contributed by atoms with Gasteiger partial charge in [-0.05, 0) is 31.2 Å². The van der Waals surface area contributed by atoms with Crippen molar-refractivity contribution in [1.82, 2.24) is 5.32 Å². The standard InChI is InChI=1S/C16H27NO2/c1-4-5-6-7-11-19-16(13-17-2)14-9-8-10-15(12-14)18-3/h8-10,12,16-17H,4-7,11,13H2,1-3H3. The predicted molar refractivity (Wildman–Crippen MR) is 79.8 cm³/mol. The molecular formula is C16H27NO2. The van der Waals surface area contributed by atoms with Crippen LogP contribution in [0, 0.1) is 0 Å². The molecule has 0 aliphatic carbocycles. The van der Waals surface area contributed by atoms with Crippen LogP contribution in [0.15, 0.2) is 24.3 Å². The molecule has 0 bridgehead atoms. The summed E-state index contributed by atoms with van der Waals surface area (Å²) >= 11 is 0. The average Bonchev–Trinajstić information content (AvgIpc) is 2.46. The number of nitrogens with one attached hydrogen (secondary N) is 1. The highest BCUT2D eigenvalue weighted by Gasteiger charge is 2.11. The molecule has 1 atom stereocenters. The fraction of sp³-hybridized carbons (Fsp3) is 0.625. The van der Waals surface area contributed by atoms with E-state index in [-0.39, 0.29) is 6.10 Å². The number of rotatable bonds is 10. The Kier molecular flexibility index (Phi) is 8.26. The zero-order chi connectivity index (χ0) is 13.9. The molecule has 0 saturated heterocycles. The van der Waals surface area contributed by atoms with E-state index in [2.05, 4.69) is 18.3 Å². The van der Waals surface area contributed by atoms with Gasteiger partial charge in [-0.2, -0.15) is 0 Å². The fourth-order valence-electron chi connectivity index (χ4n) is 2.05. The number of benzene rings is 1. The van der Waals surface area contributed by atoms with Gasteiger partial charge < -0.3 is 14.8 Å². The molecule has 0 spiro atoms. The maximum absolute atomic E-state index is 6.00. The Hall–Kier alpha value is -1.06. The lowest BCUT2D eigenvalue weighted by atomic mass is 10.1. The number of unbranched alkanes of at least 4 members (excludes halogenated alkanes) is 3. The minimum Gasteiger partial charge on any atom is -0.497 e. The maximum atomic E-state index is 6.00. The Morgan fingerprint density at radius 1 is 1.21 bits per heavy atom. The van der Waals surface area contributed by atoms with Gasteiger partial charge in [-0.25, -0.2) is 0 Å². The van der Waals surface area contributed by atoms with E-state index in [9.17, 15) is 0 Å². The van der Waals surface area contributed by atoms with E-state index in [1.807, 2.05) is 25.2 Å². The number of methoxy groups -OCH3 is 1. The number of ether oxygens (including phenoxy) is 2. The predicted octanol–water partition coefficient (Wildman–Crippen LogP) is 3.55. The van der Waals surface area contributed by atoms with Gasteiger partial charge in [0.15, 0.2) is 0 Å². The van der Waals surface area contributed by atoms with E-state index in [0.29, 0.717) is 0 Å². The molecule has 3 heteroatoms. The normalized spacial score (nSPS) is 12.4. The van der Waals surface area contributed by atoms with E-state index < -0.39 is 0 Å². The number of hydrogen-bond acceptors (Lipinski definition) is 3. The first-order valence-electron chi connectivity index (χ1n) is 7.22. The summed E-state index contributed by atoms with van der Waals surface area (Å²) in [6.45, 7) is 3.87. The summed E-state index contributed by atoms with van der Waals surface area (Å²) in [5, 5.41) is 3.19. The van der Waals surface area contributed by atoms with Crippen molar-refractivity contribution in [2.45, 2.75) is 38.7 Å². The molecule has 1 unspecified atom stereocenters. The molecule has 3 nitrogen and oxygen atoms in total. The smallest absolute Gasteiger partial charge is 0.119 e. The van der Waals surface area contributed by atoms with Crippen molar-refractivity contribution in [2.75, 3.05) is 27.3 Å². The summed E-state index contributed by atoms with van der Waals surface area (Å²) in [6.07, 6.45) is 5.04. The van der Waals surface area contributed by atoms with Crippen molar-refractivity contribution in [3.8, 4) is 5.75 Å². The van der Waals surface area contributed by atoms with Crippen molar-refractivity contribution in [3.63, 3.8) is 0 Å². The second-order valence-electron chi connectivity index (χ2n) is 4.75. The summed E-state index contributed by atoms with van der Waals surface area (Å²) in [4.78, 5) is 0. The SMILES string of the molecule is CCCCCCOC(CNC)c1cccc(OC)c1. The molecule has 1 aromatic rings. The van der Waals surface area contributed by atoms with Crippen molar-refractivity contribution in [3.05, 3.63) is 29.8 Å². The number of likely N-dealkylation sites (N-methyl/N-ethyl adjacent to an activating group) is 1. The van der Waals surface area contributed by atoms with E-state index in [1.54, 1.807) is 7.11 Å². The van der Waals surface area contributed by atoms with Crippen LogP contribution in [0.5, 0.6) is 5.75 Å². The van der Waals surface area contributed by atoms with Gasteiger partial charge in [0.1, 0.15) is 5.75 Å². The highest BCUT2D eigenvalue weighted by Crippen LogP contribution is 2.22. The van der Waals surface area contributed by atoms with Crippen LogP contribution in [0.3, 0.4) is 0 Å². The van der Waals surface area contributed by atoms with Gasteiger partial charge in [0.05, 0.1) is 13.2 Å². The van der Waals surface area contributed by atoms with E-state index in [1.165, 1.54) is 24.8 Å². The Labute approximate surface area is 117 Å². The molecule has 0 saturated carbocycles. The lowest BCUT2D eigenvalue weighted by molar-refractivity contribution is 0.0510. The Balaban J connectivity index is 2.50. The topological polar surface area (TPSA) is 30.5 Å². The molecule has 0 aliphatic heterocycles. The monoisotopic (exact) mass is 265 g/mol. The zero-order valence-corrected chi connectivity index (χ0v) is 12.4. The third-order valence-corrected chi connectivity index (χ3v) is 3.17. The first-order chi connectivity index (χ1) is 9.31. The van der Waals surface area contributed by atoms with Crippen molar-refractivity contribution in [2.24, 2.45) is 0 Å². The van der Waals surface area contributed by atoms with Crippen LogP contribution in [0.25, 0.3) is 0 Å². The van der Waals surface area contributed by atoms with Crippen molar-refractivity contribution < 1.29 is 9.47 Å². The Morgan fingerprint density at radius 2 is 2.05 bits per heavy atom. The van der Waals surface area contributed by atoms with Crippen LogP contribution in [0.2, 0.25) is 0 Å². The summed E-state index contributed by atoms with van der Waals surface area (Å²) in [6, 6.07) is 8.11. The highest BCUT2D eigenvalue weighted by atomic mass is 16.5. The maximum Gasteiger partial charge on any atom is 0.119 e. The van der Waals surface area contributed by atoms with Gasteiger partial charge in [0, 0.05) is 13.2 Å². The zero-order valence-electron chi connectivity index (χ0n) is 12.4. The van der Waals surface area contributed by atoms with E-state index in [0.717, 1.165) is 25.3 Å². The average molecular weight is 265 g/mol. The largest absolute Gasteiger partial charge is 0.497 e. The molecular weight excluding hydrogens is 238 g/mol. The van der Waals surface area contributed by atoms with Gasteiger partial charge >= 0.3 is 0 Å². The molecule has 1 rings (SSSR count). The minimum atomic E-state index is 0.0988. The lowest BCUT2D eigenvalue weighted by Crippen LogP contribution is -2.20. The molecule has 0 amide bonds. The van der Waals surface area contributed by atoms with Crippen LogP contribution in [-0.4, -0.2) is 27.3 Å². The van der Waals surface area contributed by atoms with Crippen LogP contribution >= 0.6 is 0 Å². The Bertz CT molecular complexity index is 341. The van der Waals surface area contributed by atoms with E-state index >= 15 is 0 Å². The lowest BCUT2D eigenvalue weighted by Gasteiger charge is -2.18. The van der Waals surface area contributed by atoms with Crippen LogP contribution in [0.1, 0.15) is 44.3 Å². The summed E-state index contributed by atoms with van der Waals surface area (Å²) in [5.41, 5.74) is 1.17. The second-order valence-corrected chi connectivity index (χ2v) is 4.75. The molecule has 0 heterocycles. The van der Waals surface area contributed by atoms with Crippen LogP contribution in [0.4, 0.5) is 0 Å². The van der Waals surface area contributed by atoms with Crippen LogP contribution < -0.4 is 10.1 Å². The number of hydrogen-bond donors (Lipinski definition) is 1. The molecule has 1 aromatic carbocycles. The van der Waals surface area contributed by atoms with Gasteiger partial charge in [-0.1, -0.05) is 38.3 Å². The summed E-state index contributed by atoms with van der Waals surface area (Å²) in [7, 11) is 3.64. The van der Waals surface area contributed by atoms with Crippen molar-refractivity contribution in [1.29, 1.82) is 0 Å². The van der Waals surface area contributed by atoms with Gasteiger partial charge in [0.25, 0.3) is 0 Å². The molecule has 0 radical (unpaired) electrons. The molecule has 0 fully saturated rings. The minimum absolute atomic E-state index is 0.0988. The molecule has 108 valence electrons. The molecule has 0 aliphatic rings. The molecule has 0 aromatic heterocycles. The van der Waals surface area contributed by atoms with Gasteiger partial charge in [0.2, 0.25) is 0 Å². The summed E-state index contributed by atoms with van der Waals surface area (Å²) in [5.74, 6) is 0.883. The summed E-state index contributed by atoms with van der Waals surface area (Å²) < 4.78 is 11.3. The first-order valence-corrected chi connectivity index (χ1v) is 7.22.